The smallest absolute Gasteiger partial charge is 0.272 e. The lowest BCUT2D eigenvalue weighted by Crippen LogP contribution is -2.23. The lowest BCUT2D eigenvalue weighted by atomic mass is 10.1. The lowest BCUT2D eigenvalue weighted by Gasteiger charge is -2.07. The summed E-state index contributed by atoms with van der Waals surface area (Å²) >= 11 is 1.26. The number of thiazole rings is 1. The predicted octanol–water partition coefficient (Wildman–Crippen LogP) is 4.02. The van der Waals surface area contributed by atoms with E-state index in [1.165, 1.54) is 29.7 Å². The molecule has 0 atom stereocenters. The zero-order chi connectivity index (χ0) is 22.8. The maximum atomic E-state index is 14.3. The second-order valence-corrected chi connectivity index (χ2v) is 7.69. The van der Waals surface area contributed by atoms with E-state index in [4.69, 9.17) is 0 Å². The first kappa shape index (κ1) is 21.4. The van der Waals surface area contributed by atoms with E-state index in [-0.39, 0.29) is 17.9 Å². The van der Waals surface area contributed by atoms with Gasteiger partial charge in [-0.2, -0.15) is 9.49 Å². The van der Waals surface area contributed by atoms with Gasteiger partial charge in [-0.3, -0.25) is 4.79 Å². The molecule has 0 saturated carbocycles. The molecule has 3 aromatic heterocycles. The molecule has 7 nitrogen and oxygen atoms in total. The quantitative estimate of drug-likeness (QED) is 0.439. The molecule has 162 valence electrons. The van der Waals surface area contributed by atoms with E-state index >= 15 is 0 Å². The third-order valence-electron chi connectivity index (χ3n) is 4.44. The Bertz CT molecular complexity index is 1310. The van der Waals surface area contributed by atoms with Crippen molar-refractivity contribution >= 4 is 17.2 Å². The van der Waals surface area contributed by atoms with Crippen LogP contribution in [0.2, 0.25) is 0 Å². The Morgan fingerprint density at radius 2 is 1.88 bits per heavy atom. The van der Waals surface area contributed by atoms with E-state index in [0.29, 0.717) is 27.3 Å². The molecule has 0 spiro atoms. The van der Waals surface area contributed by atoms with Gasteiger partial charge in [0.25, 0.3) is 5.91 Å². The molecule has 4 aromatic rings. The van der Waals surface area contributed by atoms with Crippen molar-refractivity contribution < 1.29 is 23.1 Å². The van der Waals surface area contributed by atoms with Gasteiger partial charge in [0, 0.05) is 11.8 Å². The van der Waals surface area contributed by atoms with E-state index in [1.54, 1.807) is 25.1 Å². The highest BCUT2D eigenvalue weighted by Gasteiger charge is 2.21. The number of halogens is 3. The van der Waals surface area contributed by atoms with Crippen molar-refractivity contribution in [3.8, 4) is 27.6 Å². The maximum Gasteiger partial charge on any atom is 0.272 e. The zero-order valence-corrected chi connectivity index (χ0v) is 17.3. The highest BCUT2D eigenvalue weighted by atomic mass is 32.1. The minimum absolute atomic E-state index is 0.0110. The van der Waals surface area contributed by atoms with Gasteiger partial charge in [0.15, 0.2) is 23.1 Å². The van der Waals surface area contributed by atoms with Crippen LogP contribution in [0.4, 0.5) is 13.2 Å². The highest BCUT2D eigenvalue weighted by Crippen LogP contribution is 2.34. The van der Waals surface area contributed by atoms with Crippen molar-refractivity contribution in [2.24, 2.45) is 0 Å². The molecular formula is C21H14F3N5O2S. The molecular weight excluding hydrogens is 443 g/mol. The van der Waals surface area contributed by atoms with E-state index < -0.39 is 34.7 Å². The van der Waals surface area contributed by atoms with Crippen molar-refractivity contribution in [2.75, 3.05) is 0 Å². The first-order valence-electron chi connectivity index (χ1n) is 9.21. The lowest BCUT2D eigenvalue weighted by molar-refractivity contribution is 0.0945. The number of aromatic nitrogens is 4. The number of aromatic hydroxyl groups is 1. The van der Waals surface area contributed by atoms with Gasteiger partial charge >= 0.3 is 0 Å². The average molecular weight is 457 g/mol. The summed E-state index contributed by atoms with van der Waals surface area (Å²) in [6.07, 6.45) is 1.46. The first-order valence-corrected chi connectivity index (χ1v) is 10.0. The number of phenols is 1. The van der Waals surface area contributed by atoms with Crippen LogP contribution in [0.15, 0.2) is 42.6 Å². The fourth-order valence-corrected chi connectivity index (χ4v) is 3.89. The Morgan fingerprint density at radius 3 is 2.62 bits per heavy atom. The van der Waals surface area contributed by atoms with E-state index in [1.807, 2.05) is 0 Å². The summed E-state index contributed by atoms with van der Waals surface area (Å²) in [5.74, 6) is -6.15. The van der Waals surface area contributed by atoms with Crippen LogP contribution >= 0.6 is 11.3 Å². The molecule has 1 amide bonds. The van der Waals surface area contributed by atoms with Gasteiger partial charge in [-0.05, 0) is 37.3 Å². The summed E-state index contributed by atoms with van der Waals surface area (Å²) in [6, 6.07) is 8.43. The second-order valence-electron chi connectivity index (χ2n) is 6.60. The SMILES string of the molecule is Cc1nc(CNC(=O)c2cccnn2)sc1-c1cccc(-c2cc(F)c(O)c(F)c2F)n1. The number of hydrogen-bond donors (Lipinski definition) is 2. The Hall–Kier alpha value is -3.86. The predicted molar refractivity (Wildman–Crippen MR) is 110 cm³/mol. The van der Waals surface area contributed by atoms with Crippen molar-refractivity contribution in [1.29, 1.82) is 0 Å². The number of nitrogens with one attached hydrogen (secondary N) is 1. The number of pyridine rings is 1. The molecule has 0 fully saturated rings. The molecule has 4 rings (SSSR count). The topological polar surface area (TPSA) is 101 Å². The summed E-state index contributed by atoms with van der Waals surface area (Å²) in [5.41, 5.74) is 0.774. The van der Waals surface area contributed by atoms with Crippen molar-refractivity contribution in [3.63, 3.8) is 0 Å². The zero-order valence-electron chi connectivity index (χ0n) is 16.4. The molecule has 2 N–H and O–H groups in total. The molecule has 3 heterocycles. The fraction of sp³-hybridized carbons (Fsp3) is 0.0952. The average Bonchev–Trinajstić information content (AvgIpc) is 3.19. The first-order chi connectivity index (χ1) is 15.3. The van der Waals surface area contributed by atoms with Gasteiger partial charge < -0.3 is 10.4 Å². The van der Waals surface area contributed by atoms with Crippen molar-refractivity contribution in [2.45, 2.75) is 13.5 Å². The van der Waals surface area contributed by atoms with Crippen LogP contribution in [0.1, 0.15) is 21.2 Å². The maximum absolute atomic E-state index is 14.3. The normalized spacial score (nSPS) is 10.9. The van der Waals surface area contributed by atoms with E-state index in [9.17, 15) is 23.1 Å². The van der Waals surface area contributed by atoms with Crippen LogP contribution in [0.25, 0.3) is 21.8 Å². The monoisotopic (exact) mass is 457 g/mol. The summed E-state index contributed by atoms with van der Waals surface area (Å²) in [6.45, 7) is 1.89. The number of phenolic OH excluding ortho intramolecular Hbond substituents is 1. The molecule has 11 heteroatoms. The molecule has 0 aliphatic carbocycles. The minimum Gasteiger partial charge on any atom is -0.503 e. The molecule has 32 heavy (non-hydrogen) atoms. The largest absolute Gasteiger partial charge is 0.503 e. The molecule has 0 aliphatic heterocycles. The van der Waals surface area contributed by atoms with Gasteiger partial charge in [0.05, 0.1) is 28.5 Å². The van der Waals surface area contributed by atoms with Gasteiger partial charge in [0.2, 0.25) is 5.82 Å². The highest BCUT2D eigenvalue weighted by molar-refractivity contribution is 7.15. The van der Waals surface area contributed by atoms with Crippen LogP contribution in [0, 0.1) is 24.4 Å². The summed E-state index contributed by atoms with van der Waals surface area (Å²) in [4.78, 5) is 21.5. The molecule has 1 aromatic carbocycles. The van der Waals surface area contributed by atoms with Crippen LogP contribution in [0.5, 0.6) is 5.75 Å². The van der Waals surface area contributed by atoms with Crippen molar-refractivity contribution in [3.05, 3.63) is 76.4 Å². The third kappa shape index (κ3) is 4.14. The second kappa shape index (κ2) is 8.71. The van der Waals surface area contributed by atoms with E-state index in [2.05, 4.69) is 25.5 Å². The Morgan fingerprint density at radius 1 is 1.09 bits per heavy atom. The number of benzene rings is 1. The van der Waals surface area contributed by atoms with Crippen LogP contribution in [0.3, 0.4) is 0 Å². The van der Waals surface area contributed by atoms with Gasteiger partial charge in [0.1, 0.15) is 5.01 Å². The third-order valence-corrected chi connectivity index (χ3v) is 5.62. The number of carbonyl (C=O) groups is 1. The number of aryl methyl sites for hydroxylation is 1. The van der Waals surface area contributed by atoms with Gasteiger partial charge in [-0.15, -0.1) is 16.4 Å². The molecule has 0 aliphatic rings. The summed E-state index contributed by atoms with van der Waals surface area (Å²) < 4.78 is 41.8. The number of hydrogen-bond acceptors (Lipinski definition) is 7. The molecule has 0 unspecified atom stereocenters. The number of amides is 1. The van der Waals surface area contributed by atoms with Gasteiger partial charge in [-0.25, -0.2) is 18.7 Å². The van der Waals surface area contributed by atoms with Gasteiger partial charge in [-0.1, -0.05) is 6.07 Å². The van der Waals surface area contributed by atoms with Crippen LogP contribution in [-0.2, 0) is 6.54 Å². The Kier molecular flexibility index (Phi) is 5.82. The Labute approximate surface area is 183 Å². The molecule has 0 radical (unpaired) electrons. The van der Waals surface area contributed by atoms with Crippen LogP contribution in [-0.4, -0.2) is 31.2 Å². The standard InChI is InChI=1S/C21H14F3N5O2S/c1-10-20(32-16(27-10)9-25-21(31)15-6-3-7-26-29-15)14-5-2-4-13(28-14)11-8-12(22)19(30)18(24)17(11)23/h2-8,30H,9H2,1H3,(H,25,31). The molecule has 0 bridgehead atoms. The number of nitrogens with zero attached hydrogens (tertiary/aromatic N) is 4. The number of carbonyl (C=O) groups excluding carboxylic acids is 1. The Balaban J connectivity index is 1.59. The summed E-state index contributed by atoms with van der Waals surface area (Å²) in [5, 5.41) is 19.9. The summed E-state index contributed by atoms with van der Waals surface area (Å²) in [7, 11) is 0. The number of rotatable bonds is 5. The molecule has 0 saturated heterocycles. The fourth-order valence-electron chi connectivity index (χ4n) is 2.92. The van der Waals surface area contributed by atoms with Crippen LogP contribution < -0.4 is 5.32 Å². The van der Waals surface area contributed by atoms with Crippen molar-refractivity contribution in [1.82, 2.24) is 25.5 Å². The minimum atomic E-state index is -1.68. The van der Waals surface area contributed by atoms with E-state index in [0.717, 1.165) is 0 Å².